The highest BCUT2D eigenvalue weighted by molar-refractivity contribution is 4.76. The number of hydrogen-bond donors (Lipinski definition) is 3. The van der Waals surface area contributed by atoms with Crippen LogP contribution in [0.25, 0.3) is 0 Å². The molecule has 0 aromatic carbocycles. The van der Waals surface area contributed by atoms with Gasteiger partial charge in [-0.15, -0.1) is 0 Å². The predicted octanol–water partition coefficient (Wildman–Crippen LogP) is 0.367. The zero-order chi connectivity index (χ0) is 9.52. The van der Waals surface area contributed by atoms with Crippen molar-refractivity contribution in [3.8, 4) is 0 Å². The monoisotopic (exact) mass is 187 g/mol. The van der Waals surface area contributed by atoms with E-state index in [0.29, 0.717) is 25.0 Å². The Morgan fingerprint density at radius 1 is 1.08 bits per heavy atom. The molecule has 0 radical (unpaired) electrons. The molecule has 0 amide bonds. The lowest BCUT2D eigenvalue weighted by Gasteiger charge is -2.30. The van der Waals surface area contributed by atoms with Crippen LogP contribution in [0.3, 0.4) is 0 Å². The molecule has 3 heteroatoms. The second-order valence-electron chi connectivity index (χ2n) is 3.91. The maximum Gasteiger partial charge on any atom is 0.0555 e. The van der Waals surface area contributed by atoms with Gasteiger partial charge in [-0.2, -0.15) is 0 Å². The van der Waals surface area contributed by atoms with Crippen molar-refractivity contribution in [2.75, 3.05) is 26.3 Å². The molecular formula is C10H21NO2. The smallest absolute Gasteiger partial charge is 0.0555 e. The van der Waals surface area contributed by atoms with Crippen LogP contribution in [0.2, 0.25) is 0 Å². The molecule has 0 heterocycles. The fourth-order valence-electron chi connectivity index (χ4n) is 2.16. The van der Waals surface area contributed by atoms with E-state index in [1.165, 1.54) is 25.7 Å². The van der Waals surface area contributed by atoms with Gasteiger partial charge in [0.05, 0.1) is 6.61 Å². The lowest BCUT2D eigenvalue weighted by molar-refractivity contribution is 0.132. The Labute approximate surface area is 80.2 Å². The van der Waals surface area contributed by atoms with E-state index in [9.17, 15) is 0 Å². The molecule has 2 atom stereocenters. The zero-order valence-electron chi connectivity index (χ0n) is 8.21. The van der Waals surface area contributed by atoms with Crippen LogP contribution in [0.15, 0.2) is 0 Å². The van der Waals surface area contributed by atoms with Gasteiger partial charge in [0.25, 0.3) is 0 Å². The highest BCUT2D eigenvalue weighted by atomic mass is 16.3. The Bertz CT molecular complexity index is 130. The lowest BCUT2D eigenvalue weighted by atomic mass is 9.80. The van der Waals surface area contributed by atoms with Crippen molar-refractivity contribution in [3.63, 3.8) is 0 Å². The normalized spacial score (nSPS) is 29.1. The molecule has 0 spiro atoms. The molecule has 0 aliphatic heterocycles. The molecule has 13 heavy (non-hydrogen) atoms. The van der Waals surface area contributed by atoms with Crippen LogP contribution < -0.4 is 5.32 Å². The van der Waals surface area contributed by atoms with Gasteiger partial charge in [0.2, 0.25) is 0 Å². The summed E-state index contributed by atoms with van der Waals surface area (Å²) in [4.78, 5) is 0. The molecule has 0 aromatic heterocycles. The molecule has 2 unspecified atom stereocenters. The van der Waals surface area contributed by atoms with Gasteiger partial charge in [-0.3, -0.25) is 0 Å². The van der Waals surface area contributed by atoms with Gasteiger partial charge in [0.15, 0.2) is 0 Å². The molecule has 0 bridgehead atoms. The average Bonchev–Trinajstić information content (AvgIpc) is 2.19. The van der Waals surface area contributed by atoms with Crippen LogP contribution in [-0.2, 0) is 0 Å². The van der Waals surface area contributed by atoms with E-state index < -0.39 is 0 Å². The van der Waals surface area contributed by atoms with E-state index in [-0.39, 0.29) is 6.61 Å². The quantitative estimate of drug-likeness (QED) is 0.545. The van der Waals surface area contributed by atoms with Crippen LogP contribution in [0.5, 0.6) is 0 Å². The van der Waals surface area contributed by atoms with E-state index in [4.69, 9.17) is 10.2 Å². The van der Waals surface area contributed by atoms with Gasteiger partial charge in [-0.25, -0.2) is 0 Å². The largest absolute Gasteiger partial charge is 0.396 e. The number of hydrogen-bond acceptors (Lipinski definition) is 3. The molecule has 1 saturated carbocycles. The van der Waals surface area contributed by atoms with E-state index in [1.54, 1.807) is 0 Å². The van der Waals surface area contributed by atoms with Crippen LogP contribution >= 0.6 is 0 Å². The van der Waals surface area contributed by atoms with E-state index in [0.717, 1.165) is 6.54 Å². The summed E-state index contributed by atoms with van der Waals surface area (Å²) in [6, 6.07) is 0. The summed E-state index contributed by atoms with van der Waals surface area (Å²) in [5.41, 5.74) is 0. The van der Waals surface area contributed by atoms with Crippen LogP contribution in [-0.4, -0.2) is 36.5 Å². The fraction of sp³-hybridized carbons (Fsp3) is 1.00. The van der Waals surface area contributed by atoms with Gasteiger partial charge in [-0.1, -0.05) is 12.8 Å². The number of aliphatic hydroxyl groups is 2. The van der Waals surface area contributed by atoms with Crippen molar-refractivity contribution >= 4 is 0 Å². The molecule has 3 nitrogen and oxygen atoms in total. The number of rotatable bonds is 5. The highest BCUT2D eigenvalue weighted by Gasteiger charge is 2.23. The van der Waals surface area contributed by atoms with Crippen molar-refractivity contribution in [1.29, 1.82) is 0 Å². The Morgan fingerprint density at radius 3 is 2.38 bits per heavy atom. The third-order valence-electron chi connectivity index (χ3n) is 3.00. The van der Waals surface area contributed by atoms with Gasteiger partial charge in [0, 0.05) is 13.2 Å². The lowest BCUT2D eigenvalue weighted by Crippen LogP contribution is -2.33. The summed E-state index contributed by atoms with van der Waals surface area (Å²) in [5, 5.41) is 21.0. The average molecular weight is 187 g/mol. The summed E-state index contributed by atoms with van der Waals surface area (Å²) in [5.74, 6) is 1.10. The van der Waals surface area contributed by atoms with E-state index >= 15 is 0 Å². The molecule has 1 aliphatic rings. The van der Waals surface area contributed by atoms with Crippen molar-refractivity contribution in [2.45, 2.75) is 25.7 Å². The van der Waals surface area contributed by atoms with Crippen molar-refractivity contribution in [3.05, 3.63) is 0 Å². The number of aliphatic hydroxyl groups excluding tert-OH is 2. The summed E-state index contributed by atoms with van der Waals surface area (Å²) in [6.45, 7) is 2.16. The Kier molecular flexibility index (Phi) is 5.35. The topological polar surface area (TPSA) is 52.5 Å². The van der Waals surface area contributed by atoms with E-state index in [1.807, 2.05) is 0 Å². The first-order valence-corrected chi connectivity index (χ1v) is 5.31. The molecule has 0 saturated heterocycles. The van der Waals surface area contributed by atoms with Gasteiger partial charge >= 0.3 is 0 Å². The first-order chi connectivity index (χ1) is 6.38. The first kappa shape index (κ1) is 11.0. The summed E-state index contributed by atoms with van der Waals surface area (Å²) in [7, 11) is 0. The number of nitrogens with one attached hydrogen (secondary N) is 1. The van der Waals surface area contributed by atoms with Crippen LogP contribution in [0, 0.1) is 11.8 Å². The first-order valence-electron chi connectivity index (χ1n) is 5.31. The minimum absolute atomic E-state index is 0.205. The van der Waals surface area contributed by atoms with Crippen LogP contribution in [0.1, 0.15) is 25.7 Å². The Morgan fingerprint density at radius 2 is 1.77 bits per heavy atom. The molecule has 1 aliphatic carbocycles. The summed E-state index contributed by atoms with van der Waals surface area (Å²) in [6.07, 6.45) is 4.95. The minimum Gasteiger partial charge on any atom is -0.396 e. The zero-order valence-corrected chi connectivity index (χ0v) is 8.21. The summed E-state index contributed by atoms with van der Waals surface area (Å²) >= 11 is 0. The van der Waals surface area contributed by atoms with E-state index in [2.05, 4.69) is 5.32 Å². The fourth-order valence-corrected chi connectivity index (χ4v) is 2.16. The van der Waals surface area contributed by atoms with Gasteiger partial charge in [-0.05, 0) is 31.2 Å². The Balaban J connectivity index is 2.19. The van der Waals surface area contributed by atoms with Crippen molar-refractivity contribution < 1.29 is 10.2 Å². The highest BCUT2D eigenvalue weighted by Crippen LogP contribution is 2.28. The van der Waals surface area contributed by atoms with Gasteiger partial charge < -0.3 is 15.5 Å². The molecular weight excluding hydrogens is 166 g/mol. The predicted molar refractivity (Wildman–Crippen MR) is 52.5 cm³/mol. The van der Waals surface area contributed by atoms with Crippen molar-refractivity contribution in [1.82, 2.24) is 5.32 Å². The third-order valence-corrected chi connectivity index (χ3v) is 3.00. The standard InChI is InChI=1S/C10H21NO2/c12-6-5-11-7-9-3-1-2-4-10(9)8-13/h9-13H,1-8H2. The molecule has 78 valence electrons. The third kappa shape index (κ3) is 3.63. The maximum atomic E-state index is 9.14. The minimum atomic E-state index is 0.205. The van der Waals surface area contributed by atoms with Crippen LogP contribution in [0.4, 0.5) is 0 Å². The maximum absolute atomic E-state index is 9.14. The molecule has 1 rings (SSSR count). The van der Waals surface area contributed by atoms with Gasteiger partial charge in [0.1, 0.15) is 0 Å². The molecule has 1 fully saturated rings. The molecule has 0 aromatic rings. The summed E-state index contributed by atoms with van der Waals surface area (Å²) < 4.78 is 0. The molecule has 3 N–H and O–H groups in total. The second-order valence-corrected chi connectivity index (χ2v) is 3.91. The second kappa shape index (κ2) is 6.35. The SMILES string of the molecule is OCCNCC1CCCCC1CO. The Hall–Kier alpha value is -0.120. The van der Waals surface area contributed by atoms with Crippen molar-refractivity contribution in [2.24, 2.45) is 11.8 Å².